The molecule has 0 N–H and O–H groups in total. The molecule has 19 rings (SSSR count). The molecule has 3 radical (unpaired) electrons. The molecule has 3 aromatic heterocycles. The zero-order valence-corrected chi connectivity index (χ0v) is 86.8. The van der Waals surface area contributed by atoms with E-state index in [-0.39, 0.29) is 204 Å². The largest absolute Gasteiger partial charge is 0.540 e. The van der Waals surface area contributed by atoms with Crippen LogP contribution in [0.1, 0.15) is 232 Å². The first-order valence-electron chi connectivity index (χ1n) is 50.1. The average molecular weight is 2110 g/mol. The van der Waals surface area contributed by atoms with E-state index in [9.17, 15) is 43.2 Å². The molecule has 6 bridgehead atoms. The third-order valence-electron chi connectivity index (χ3n) is 32.9. The third-order valence-corrected chi connectivity index (χ3v) is 32.9. The number of fused-ring (bicyclic) bond motifs is 17. The van der Waals surface area contributed by atoms with Crippen LogP contribution in [0, 0.1) is 81.3 Å². The predicted molar refractivity (Wildman–Crippen MR) is 493 cm³/mol. The number of nitrogens with zero attached hydrogens (tertiary/aromatic N) is 9. The maximum atomic E-state index is 16.1. The Morgan fingerprint density at radius 3 is 1.08 bits per heavy atom. The molecule has 775 valence electrons. The van der Waals surface area contributed by atoms with Crippen LogP contribution in [0.4, 0.5) is 26.3 Å². The summed E-state index contributed by atoms with van der Waals surface area (Å²) < 4.78 is 166. The Hall–Kier alpha value is -8.48. The van der Waals surface area contributed by atoms with Gasteiger partial charge in [-0.2, -0.15) is 26.3 Å². The molecule has 3 aromatic carbocycles. The Morgan fingerprint density at radius 2 is 0.727 bits per heavy atom. The van der Waals surface area contributed by atoms with Crippen LogP contribution < -0.4 is 28.4 Å². The fraction of sp³-hybridized carbons (Fsp3) is 0.683. The van der Waals surface area contributed by atoms with Crippen molar-refractivity contribution >= 4 is 87.6 Å². The van der Waals surface area contributed by atoms with Gasteiger partial charge in [0.1, 0.15) is 53.4 Å². The van der Waals surface area contributed by atoms with Gasteiger partial charge >= 0.3 is 17.9 Å². The number of benzene rings is 3. The average Bonchev–Trinajstić information content (AvgIpc) is 1.59. The number of ether oxygens (including phenoxy) is 12. The van der Waals surface area contributed by atoms with Crippen LogP contribution >= 0.6 is 0 Å². The Morgan fingerprint density at radius 1 is 0.378 bits per heavy atom. The summed E-state index contributed by atoms with van der Waals surface area (Å²) >= 11 is 0. The molecule has 0 spiro atoms. The molecular formula is C104H128F6N9O21V3-3. The van der Waals surface area contributed by atoms with Crippen molar-refractivity contribution in [3.8, 4) is 34.9 Å². The molecular weight excluding hydrogens is 1980 g/mol. The minimum atomic E-state index is -3.37. The fourth-order valence-corrected chi connectivity index (χ4v) is 24.2. The van der Waals surface area contributed by atoms with E-state index in [1.165, 1.54) is 36.0 Å². The molecule has 13 aliphatic rings. The summed E-state index contributed by atoms with van der Waals surface area (Å²) in [6, 6.07) is 11.5. The summed E-state index contributed by atoms with van der Waals surface area (Å²) in [5.41, 5.74) is -2.56. The molecule has 4 aliphatic carbocycles. The number of carbonyl (C=O) groups excluding carboxylic acids is 9. The smallest absolute Gasteiger partial charge is 0.307 e. The van der Waals surface area contributed by atoms with Crippen LogP contribution in [-0.4, -0.2) is 234 Å². The molecule has 4 saturated carbocycles. The first kappa shape index (κ1) is 110. The SMILES string of the molecule is CC[C@@H]1[C@@H]2CN(C(=O)[C@H](C3(C)COC3)CC(=O)O[C@@H]3CC4CC4[C@H]3CCCCC(F)(F)c3nc4ccc(OC)cc4nc3O2)[C@@H]1[C-]=O.CC[C@@H]1[C@@H]2CN(C(=O)[C@H](C3(C)COC3)CC(=O)O[C@@H]3CCC[C@H]3CCCCC(F)(F)c3nc4ccc(OC)cc4nc3O2)[C@@H]1[C-]=O.CC[C@@H]1[C@@H]2CN(C(=O)[C@H](C3(C)COC3)CC(=O)O[C@]3(C)CCC[C@H]3CCCCC(F)(F)c3nc4ccc(OC)cc4nc3O2)[C@@H]1[C-]=O.[V].[V].[V]. The maximum absolute atomic E-state index is 16.1. The Labute approximate surface area is 864 Å². The second-order valence-electron chi connectivity index (χ2n) is 42.3. The summed E-state index contributed by atoms with van der Waals surface area (Å²) in [7, 11) is 4.49. The van der Waals surface area contributed by atoms with Crippen molar-refractivity contribution < 1.29 is 182 Å². The zero-order valence-electron chi connectivity index (χ0n) is 82.6. The Balaban J connectivity index is 0.000000168. The molecule has 10 fully saturated rings. The zero-order chi connectivity index (χ0) is 99.3. The van der Waals surface area contributed by atoms with Gasteiger partial charge in [-0.25, -0.2) is 48.8 Å². The normalized spacial score (nSPS) is 32.3. The van der Waals surface area contributed by atoms with Crippen molar-refractivity contribution in [2.45, 2.75) is 287 Å². The summed E-state index contributed by atoms with van der Waals surface area (Å²) in [5.74, 6) is -15.1. The quantitative estimate of drug-likeness (QED) is 0.0475. The van der Waals surface area contributed by atoms with Gasteiger partial charge in [0.15, 0.2) is 17.1 Å². The van der Waals surface area contributed by atoms with Crippen molar-refractivity contribution in [2.24, 2.45) is 81.3 Å². The monoisotopic (exact) mass is 2110 g/mol. The standard InChI is InChI=1S/C35H42F2N3O7.C35H44F2N3O7.C34H42F2N3O7.3V/c1-4-21-27(16-41)40-15-29(21)47-32-31(38-25-9-8-20(44-3)13-26(25)39-32)35(36,37)10-6-5-7-22-23-11-19(23)12-28(22)46-30(42)14-24(33(40)43)34(2)17-45-18-34;1-5-23-27(18-41)40-17-28(23)46-31-30(38-25-12-11-22(44-4)15-26(25)39-31)35(36,37)14-7-6-9-21-10-8-13-34(21,3)47-29(42)16-24(32(40)43)33(2)19-45-20-33;1-4-22-26(17-40)39-16-28(22)46-31-30(37-24-12-11-21(43-3)14-25(24)38-31)34(35,36)13-6-5-8-20-9-7-10-27(20)45-29(41)15-23(32(39)42)33(2)18-44-19-33;;;/h8-9,13,19,21-24,27-29H,4-7,10-12,14-15,17-18H2,1-3H3;11-12,15,21,23-24,27-28H,5-10,13-14,16-17,19-20H2,1-4H3;11-12,14,20,22-23,26-28H,4-10,13,15-16,18-19H2,1-3H3;;;/q3*-1;;;/t19?,21-,22+,23?,24+,27+,28+,29-;21-,23+,24-,27-,28+,34-;20-,22+,23-,26-,27-,28+;;;/m011.../s1. The van der Waals surface area contributed by atoms with Gasteiger partial charge in [-0.3, -0.25) is 28.8 Å². The van der Waals surface area contributed by atoms with Crippen LogP contribution in [-0.2, 0) is 145 Å². The van der Waals surface area contributed by atoms with Crippen molar-refractivity contribution in [1.82, 2.24) is 44.6 Å². The number of aromatic nitrogens is 6. The minimum Gasteiger partial charge on any atom is -0.540 e. The summed E-state index contributed by atoms with van der Waals surface area (Å²) in [4.78, 5) is 152. The van der Waals surface area contributed by atoms with Crippen LogP contribution in [0.2, 0.25) is 0 Å². The van der Waals surface area contributed by atoms with Gasteiger partial charge in [-0.15, -0.1) is 0 Å². The maximum Gasteiger partial charge on any atom is 0.307 e. The first-order valence-corrected chi connectivity index (χ1v) is 50.1. The van der Waals surface area contributed by atoms with Gasteiger partial charge < -0.3 is 85.9 Å². The molecule has 143 heavy (non-hydrogen) atoms. The molecule has 2 unspecified atom stereocenters. The molecule has 6 aromatic rings. The molecule has 30 nitrogen and oxygen atoms in total. The number of amides is 3. The van der Waals surface area contributed by atoms with Crippen molar-refractivity contribution in [3.63, 3.8) is 0 Å². The minimum absolute atomic E-state index is 0. The molecule has 39 heteroatoms. The predicted octanol–water partition coefficient (Wildman–Crippen LogP) is 15.7. The van der Waals surface area contributed by atoms with E-state index in [1.54, 1.807) is 54.6 Å². The molecule has 9 aliphatic heterocycles. The number of alkyl halides is 6. The number of hydrogen-bond donors (Lipinski definition) is 0. The number of methoxy groups -OCH3 is 3. The molecule has 3 amide bonds. The van der Waals surface area contributed by atoms with Gasteiger partial charge in [-0.05, 0) is 181 Å². The number of halogens is 6. The summed E-state index contributed by atoms with van der Waals surface area (Å²) in [6.07, 6.45) is 13.3. The van der Waals surface area contributed by atoms with Crippen molar-refractivity contribution in [3.05, 3.63) is 71.7 Å². The number of hydrogen-bond acceptors (Lipinski definition) is 27. The summed E-state index contributed by atoms with van der Waals surface area (Å²) in [6.45, 7) is 14.7. The van der Waals surface area contributed by atoms with E-state index < -0.39 is 184 Å². The second kappa shape index (κ2) is 45.3. The van der Waals surface area contributed by atoms with Crippen molar-refractivity contribution in [1.29, 1.82) is 0 Å². The van der Waals surface area contributed by atoms with Crippen molar-refractivity contribution in [2.75, 3.05) is 80.6 Å². The molecule has 20 atom stereocenters. The van der Waals surface area contributed by atoms with E-state index in [2.05, 4.69) is 29.9 Å². The first-order chi connectivity index (χ1) is 67.0. The van der Waals surface area contributed by atoms with Gasteiger partial charge in [0.25, 0.3) is 17.8 Å². The Kier molecular flexibility index (Phi) is 34.9. The van der Waals surface area contributed by atoms with Crippen LogP contribution in [0.15, 0.2) is 54.6 Å². The van der Waals surface area contributed by atoms with Gasteiger partial charge in [-0.1, -0.05) is 98.2 Å². The summed E-state index contributed by atoms with van der Waals surface area (Å²) in [5, 5.41) is 0. The second-order valence-corrected chi connectivity index (χ2v) is 42.3. The van der Waals surface area contributed by atoms with E-state index in [0.29, 0.717) is 129 Å². The van der Waals surface area contributed by atoms with Crippen LogP contribution in [0.3, 0.4) is 0 Å². The van der Waals surface area contributed by atoms with Gasteiger partial charge in [0, 0.05) is 109 Å². The molecule has 12 heterocycles. The number of esters is 3. The topological polar surface area (TPSA) is 351 Å². The third kappa shape index (κ3) is 22.8. The van der Waals surface area contributed by atoms with E-state index in [0.717, 1.165) is 38.5 Å². The van der Waals surface area contributed by atoms with Crippen LogP contribution in [0.25, 0.3) is 33.1 Å². The van der Waals surface area contributed by atoms with Gasteiger partial charge in [0.2, 0.25) is 35.4 Å². The van der Waals surface area contributed by atoms with E-state index in [4.69, 9.17) is 56.8 Å². The Bertz CT molecular complexity index is 5500. The van der Waals surface area contributed by atoms with Crippen LogP contribution in [0.5, 0.6) is 34.9 Å². The van der Waals surface area contributed by atoms with E-state index in [1.807, 2.05) is 67.3 Å². The number of rotatable bonds is 12. The molecule has 6 saturated heterocycles. The number of carbonyl (C=O) groups is 6. The van der Waals surface area contributed by atoms with E-state index >= 15 is 26.3 Å². The van der Waals surface area contributed by atoms with Gasteiger partial charge in [0.05, 0.1) is 151 Å². The fourth-order valence-electron chi connectivity index (χ4n) is 24.2.